The Morgan fingerprint density at radius 3 is 2.75 bits per heavy atom. The highest BCUT2D eigenvalue weighted by Gasteiger charge is 2.04. The molecule has 0 amide bonds. The molecule has 1 heterocycles. The van der Waals surface area contributed by atoms with Crippen molar-refractivity contribution in [1.29, 1.82) is 0 Å². The van der Waals surface area contributed by atoms with E-state index in [1.54, 1.807) is 12.2 Å². The quantitative estimate of drug-likeness (QED) is 0.450. The van der Waals surface area contributed by atoms with E-state index in [0.29, 0.717) is 5.70 Å². The van der Waals surface area contributed by atoms with Gasteiger partial charge in [0, 0.05) is 0 Å². The molecule has 0 radical (unpaired) electrons. The van der Waals surface area contributed by atoms with E-state index in [1.807, 2.05) is 0 Å². The van der Waals surface area contributed by atoms with Crippen LogP contribution in [0.1, 0.15) is 0 Å². The van der Waals surface area contributed by atoms with Crippen LogP contribution in [0.25, 0.3) is 0 Å². The lowest BCUT2D eigenvalue weighted by Gasteiger charge is -2.13. The minimum absolute atomic E-state index is 0.444. The SMILES string of the molecule is NC1=CC=COC1N. The van der Waals surface area contributed by atoms with Gasteiger partial charge in [-0.25, -0.2) is 0 Å². The average Bonchev–Trinajstić information content (AvgIpc) is 1.77. The molecule has 1 aliphatic rings. The van der Waals surface area contributed by atoms with E-state index in [9.17, 15) is 0 Å². The Morgan fingerprint density at radius 2 is 2.38 bits per heavy atom. The van der Waals surface area contributed by atoms with Crippen molar-refractivity contribution in [3.63, 3.8) is 0 Å². The minimum Gasteiger partial charge on any atom is -0.477 e. The average molecular weight is 112 g/mol. The molecular weight excluding hydrogens is 104 g/mol. The zero-order valence-corrected chi connectivity index (χ0v) is 4.37. The smallest absolute Gasteiger partial charge is 0.187 e. The highest BCUT2D eigenvalue weighted by atomic mass is 16.5. The summed E-state index contributed by atoms with van der Waals surface area (Å²) in [7, 11) is 0. The topological polar surface area (TPSA) is 61.3 Å². The molecule has 0 aliphatic carbocycles. The molecule has 0 saturated carbocycles. The van der Waals surface area contributed by atoms with E-state index in [2.05, 4.69) is 0 Å². The predicted molar refractivity (Wildman–Crippen MR) is 30.5 cm³/mol. The monoisotopic (exact) mass is 112 g/mol. The van der Waals surface area contributed by atoms with Crippen molar-refractivity contribution in [1.82, 2.24) is 0 Å². The Labute approximate surface area is 47.6 Å². The van der Waals surface area contributed by atoms with Gasteiger partial charge >= 0.3 is 0 Å². The molecule has 0 aromatic carbocycles. The zero-order valence-electron chi connectivity index (χ0n) is 4.37. The summed E-state index contributed by atoms with van der Waals surface area (Å²) in [6, 6.07) is 0. The summed E-state index contributed by atoms with van der Waals surface area (Å²) in [5.41, 5.74) is 11.2. The van der Waals surface area contributed by atoms with Crippen LogP contribution in [-0.2, 0) is 4.74 Å². The van der Waals surface area contributed by atoms with E-state index in [0.717, 1.165) is 0 Å². The molecule has 3 heteroatoms. The second-order valence-corrected chi connectivity index (χ2v) is 1.55. The van der Waals surface area contributed by atoms with Crippen LogP contribution in [0.2, 0.25) is 0 Å². The lowest BCUT2D eigenvalue weighted by atomic mass is 10.3. The van der Waals surface area contributed by atoms with Crippen LogP contribution in [-0.4, -0.2) is 6.23 Å². The normalized spacial score (nSPS) is 26.6. The largest absolute Gasteiger partial charge is 0.477 e. The molecule has 3 nitrogen and oxygen atoms in total. The first-order chi connectivity index (χ1) is 3.80. The fraction of sp³-hybridized carbons (Fsp3) is 0.200. The Bertz CT molecular complexity index is 139. The number of hydrogen-bond donors (Lipinski definition) is 2. The van der Waals surface area contributed by atoms with Gasteiger partial charge in [0.25, 0.3) is 0 Å². The molecule has 8 heavy (non-hydrogen) atoms. The first-order valence-electron chi connectivity index (χ1n) is 2.34. The third kappa shape index (κ3) is 0.816. The summed E-state index contributed by atoms with van der Waals surface area (Å²) in [5, 5.41) is 0. The van der Waals surface area contributed by atoms with E-state index in [4.69, 9.17) is 16.2 Å². The molecule has 1 atom stereocenters. The summed E-state index contributed by atoms with van der Waals surface area (Å²) >= 11 is 0. The predicted octanol–water partition coefficient (Wildman–Crippen LogP) is -0.342. The molecule has 1 aliphatic heterocycles. The molecule has 1 rings (SSSR count). The van der Waals surface area contributed by atoms with Gasteiger partial charge in [-0.2, -0.15) is 0 Å². The van der Waals surface area contributed by atoms with E-state index < -0.39 is 6.23 Å². The van der Waals surface area contributed by atoms with Gasteiger partial charge in [0.2, 0.25) is 0 Å². The zero-order chi connectivity index (χ0) is 5.98. The van der Waals surface area contributed by atoms with Crippen molar-refractivity contribution in [2.45, 2.75) is 6.23 Å². The maximum absolute atomic E-state index is 5.34. The molecule has 0 saturated heterocycles. The van der Waals surface area contributed by atoms with Crippen LogP contribution >= 0.6 is 0 Å². The van der Waals surface area contributed by atoms with Gasteiger partial charge in [0.15, 0.2) is 6.23 Å². The highest BCUT2D eigenvalue weighted by molar-refractivity contribution is 5.14. The Kier molecular flexibility index (Phi) is 1.22. The summed E-state index contributed by atoms with van der Waals surface area (Å²) in [6.07, 6.45) is 4.49. The van der Waals surface area contributed by atoms with Crippen LogP contribution < -0.4 is 11.5 Å². The number of rotatable bonds is 0. The number of allylic oxidation sites excluding steroid dienone is 2. The molecule has 0 spiro atoms. The van der Waals surface area contributed by atoms with E-state index in [-0.39, 0.29) is 0 Å². The van der Waals surface area contributed by atoms with Crippen molar-refractivity contribution >= 4 is 0 Å². The molecular formula is C5H8N2O. The van der Waals surface area contributed by atoms with Gasteiger partial charge in [0.1, 0.15) is 0 Å². The van der Waals surface area contributed by atoms with Crippen molar-refractivity contribution in [3.8, 4) is 0 Å². The Hall–Kier alpha value is -0.960. The highest BCUT2D eigenvalue weighted by Crippen LogP contribution is 2.00. The molecule has 0 fully saturated rings. The minimum atomic E-state index is -0.444. The van der Waals surface area contributed by atoms with Crippen molar-refractivity contribution < 1.29 is 4.74 Å². The third-order valence-electron chi connectivity index (χ3n) is 0.921. The van der Waals surface area contributed by atoms with Gasteiger partial charge in [-0.05, 0) is 12.2 Å². The Balaban J connectivity index is 2.66. The van der Waals surface area contributed by atoms with Crippen LogP contribution in [0.4, 0.5) is 0 Å². The van der Waals surface area contributed by atoms with Gasteiger partial charge in [0.05, 0.1) is 12.0 Å². The molecule has 0 aromatic rings. The lowest BCUT2D eigenvalue weighted by Crippen LogP contribution is -2.29. The van der Waals surface area contributed by atoms with Crippen molar-refractivity contribution in [2.24, 2.45) is 11.5 Å². The maximum Gasteiger partial charge on any atom is 0.187 e. The molecule has 0 bridgehead atoms. The van der Waals surface area contributed by atoms with Crippen molar-refractivity contribution in [2.75, 3.05) is 0 Å². The summed E-state index contributed by atoms with van der Waals surface area (Å²) in [5.74, 6) is 0. The molecule has 1 unspecified atom stereocenters. The number of ether oxygens (including phenoxy) is 1. The first kappa shape index (κ1) is 5.18. The summed E-state index contributed by atoms with van der Waals surface area (Å²) in [6.45, 7) is 0. The van der Waals surface area contributed by atoms with Crippen LogP contribution in [0.15, 0.2) is 24.1 Å². The number of nitrogens with two attached hydrogens (primary N) is 2. The number of hydrogen-bond acceptors (Lipinski definition) is 3. The standard InChI is InChI=1S/C5H8N2O/c6-4-2-1-3-8-5(4)7/h1-3,5H,6-7H2. The van der Waals surface area contributed by atoms with Gasteiger partial charge in [-0.3, -0.25) is 5.73 Å². The van der Waals surface area contributed by atoms with Crippen LogP contribution in [0.3, 0.4) is 0 Å². The first-order valence-corrected chi connectivity index (χ1v) is 2.34. The maximum atomic E-state index is 5.34. The Morgan fingerprint density at radius 1 is 1.62 bits per heavy atom. The lowest BCUT2D eigenvalue weighted by molar-refractivity contribution is 0.177. The molecule has 4 N–H and O–H groups in total. The van der Waals surface area contributed by atoms with Gasteiger partial charge in [-0.15, -0.1) is 0 Å². The van der Waals surface area contributed by atoms with Crippen LogP contribution in [0, 0.1) is 0 Å². The van der Waals surface area contributed by atoms with Crippen LogP contribution in [0.5, 0.6) is 0 Å². The van der Waals surface area contributed by atoms with Crippen molar-refractivity contribution in [3.05, 3.63) is 24.1 Å². The van der Waals surface area contributed by atoms with E-state index in [1.165, 1.54) is 6.26 Å². The second-order valence-electron chi connectivity index (χ2n) is 1.55. The third-order valence-corrected chi connectivity index (χ3v) is 0.921. The van der Waals surface area contributed by atoms with Gasteiger partial charge in [-0.1, -0.05) is 0 Å². The van der Waals surface area contributed by atoms with E-state index >= 15 is 0 Å². The molecule has 0 aromatic heterocycles. The second kappa shape index (κ2) is 1.88. The van der Waals surface area contributed by atoms with Gasteiger partial charge < -0.3 is 10.5 Å². The summed E-state index contributed by atoms with van der Waals surface area (Å²) < 4.78 is 4.79. The molecule has 44 valence electrons. The fourth-order valence-corrected chi connectivity index (χ4v) is 0.454. The summed E-state index contributed by atoms with van der Waals surface area (Å²) in [4.78, 5) is 0. The fourth-order valence-electron chi connectivity index (χ4n) is 0.454.